The predicted octanol–water partition coefficient (Wildman–Crippen LogP) is 8.44. The van der Waals surface area contributed by atoms with Gasteiger partial charge in [-0.05, 0) is 59.5 Å². The van der Waals surface area contributed by atoms with E-state index in [1.165, 1.54) is 0 Å². The lowest BCUT2D eigenvalue weighted by Gasteiger charge is -2.14. The summed E-state index contributed by atoms with van der Waals surface area (Å²) in [4.78, 5) is 25.4. The Labute approximate surface area is 256 Å². The van der Waals surface area contributed by atoms with Gasteiger partial charge in [0.05, 0.1) is 11.3 Å². The maximum absolute atomic E-state index is 14.2. The van der Waals surface area contributed by atoms with E-state index in [0.29, 0.717) is 48.6 Å². The molecule has 220 valence electrons. The number of carboxylic acid groups (broad SMARTS) is 1. The van der Waals surface area contributed by atoms with Gasteiger partial charge in [-0.25, -0.2) is 0 Å². The number of hydrogen-bond acceptors (Lipinski definition) is 4. The van der Waals surface area contributed by atoms with E-state index in [1.54, 1.807) is 0 Å². The van der Waals surface area contributed by atoms with Gasteiger partial charge in [-0.15, -0.1) is 0 Å². The average Bonchev–Trinajstić information content (AvgIpc) is 3.37. The number of carbonyl (C=O) groups excluding carboxylic acids is 1. The zero-order chi connectivity index (χ0) is 30.3. The third-order valence-corrected chi connectivity index (χ3v) is 7.77. The quantitative estimate of drug-likeness (QED) is 0.109. The minimum absolute atomic E-state index is 0.0927. The first-order valence-corrected chi connectivity index (χ1v) is 14.8. The molecule has 0 aliphatic carbocycles. The number of rotatable bonds is 13. The van der Waals surface area contributed by atoms with Gasteiger partial charge in [-0.2, -0.15) is 0 Å². The number of aliphatic carboxylic acids is 1. The average molecular weight is 584 g/mol. The number of benzene rings is 5. The predicted molar refractivity (Wildman–Crippen MR) is 172 cm³/mol. The second kappa shape index (κ2) is 13.3. The van der Waals surface area contributed by atoms with E-state index in [4.69, 9.17) is 9.47 Å². The molecule has 0 aliphatic heterocycles. The van der Waals surface area contributed by atoms with Crippen LogP contribution >= 0.6 is 0 Å². The largest absolute Gasteiger partial charge is 0.489 e. The summed E-state index contributed by atoms with van der Waals surface area (Å²) >= 11 is 0. The summed E-state index contributed by atoms with van der Waals surface area (Å²) in [5.74, 6) is 0.449. The van der Waals surface area contributed by atoms with Crippen molar-refractivity contribution >= 4 is 33.4 Å². The van der Waals surface area contributed by atoms with Gasteiger partial charge in [0.2, 0.25) is 0 Å². The smallest absolute Gasteiger partial charge is 0.303 e. The molecule has 1 aromatic heterocycles. The molecule has 0 fully saturated rings. The Kier molecular flexibility index (Phi) is 8.69. The number of unbranched alkanes of at least 4 members (excludes halogenated alkanes) is 1. The zero-order valence-corrected chi connectivity index (χ0v) is 24.3. The molecule has 0 atom stereocenters. The molecule has 0 amide bonds. The molecule has 0 bridgehead atoms. The number of aromatic nitrogens is 1. The van der Waals surface area contributed by atoms with Crippen LogP contribution in [0.25, 0.3) is 21.7 Å². The number of ether oxygens (including phenoxy) is 2. The van der Waals surface area contributed by atoms with E-state index in [0.717, 1.165) is 32.9 Å². The summed E-state index contributed by atoms with van der Waals surface area (Å²) in [6.07, 6.45) is 1.26. The standard InChI is InChI=1S/C38H33NO5/c40-36(41)17-9-10-22-39-34-21-20-32(43-25-27-11-3-1-4-12-27)24-33(34)37(38(42)29-14-5-2-6-15-29)35(39)26-44-31-19-18-28-13-7-8-16-30(28)23-31/h1-8,11-16,18-21,23-24H,9-10,17,22,25-26H2,(H,40,41). The van der Waals surface area contributed by atoms with Crippen LogP contribution in [-0.2, 0) is 24.6 Å². The summed E-state index contributed by atoms with van der Waals surface area (Å²) in [7, 11) is 0. The molecule has 0 spiro atoms. The lowest BCUT2D eigenvalue weighted by Crippen LogP contribution is -2.12. The van der Waals surface area contributed by atoms with Crippen LogP contribution in [0.5, 0.6) is 11.5 Å². The number of carbonyl (C=O) groups is 2. The number of nitrogens with zero attached hydrogens (tertiary/aromatic N) is 1. The molecular formula is C38H33NO5. The maximum Gasteiger partial charge on any atom is 0.303 e. The topological polar surface area (TPSA) is 77.8 Å². The van der Waals surface area contributed by atoms with Crippen LogP contribution in [-0.4, -0.2) is 21.4 Å². The molecule has 1 heterocycles. The molecule has 5 aromatic carbocycles. The Morgan fingerprint density at radius 3 is 2.09 bits per heavy atom. The Hall–Kier alpha value is -5.36. The van der Waals surface area contributed by atoms with Gasteiger partial charge in [0, 0.05) is 29.4 Å². The first-order valence-electron chi connectivity index (χ1n) is 14.8. The Morgan fingerprint density at radius 1 is 0.659 bits per heavy atom. The SMILES string of the molecule is O=C(O)CCCCn1c(COc2ccc3ccccc3c2)c(C(=O)c2ccccc2)c2cc(OCc3ccccc3)ccc21. The molecule has 6 nitrogen and oxygen atoms in total. The van der Waals surface area contributed by atoms with E-state index < -0.39 is 5.97 Å². The summed E-state index contributed by atoms with van der Waals surface area (Å²) in [6.45, 7) is 1.12. The summed E-state index contributed by atoms with van der Waals surface area (Å²) in [6, 6.07) is 39.1. The summed E-state index contributed by atoms with van der Waals surface area (Å²) in [5, 5.41) is 12.2. The van der Waals surface area contributed by atoms with Crippen LogP contribution in [0.2, 0.25) is 0 Å². The lowest BCUT2D eigenvalue weighted by atomic mass is 10.00. The van der Waals surface area contributed by atoms with Gasteiger partial charge in [-0.1, -0.05) is 91.0 Å². The van der Waals surface area contributed by atoms with Crippen LogP contribution < -0.4 is 9.47 Å². The third-order valence-electron chi connectivity index (χ3n) is 7.77. The third kappa shape index (κ3) is 6.50. The normalized spacial score (nSPS) is 11.1. The van der Waals surface area contributed by atoms with E-state index in [1.807, 2.05) is 115 Å². The number of ketones is 1. The van der Waals surface area contributed by atoms with Crippen molar-refractivity contribution in [2.75, 3.05) is 0 Å². The van der Waals surface area contributed by atoms with Gasteiger partial charge in [0.1, 0.15) is 24.7 Å². The molecule has 6 aromatic rings. The Morgan fingerprint density at radius 2 is 1.32 bits per heavy atom. The van der Waals surface area contributed by atoms with Crippen LogP contribution in [0, 0.1) is 0 Å². The highest BCUT2D eigenvalue weighted by Crippen LogP contribution is 2.34. The summed E-state index contributed by atoms with van der Waals surface area (Å²) < 4.78 is 14.7. The van der Waals surface area contributed by atoms with Crippen molar-refractivity contribution in [3.63, 3.8) is 0 Å². The lowest BCUT2D eigenvalue weighted by molar-refractivity contribution is -0.137. The molecule has 0 radical (unpaired) electrons. The van der Waals surface area contributed by atoms with Crippen molar-refractivity contribution in [3.8, 4) is 11.5 Å². The highest BCUT2D eigenvalue weighted by molar-refractivity contribution is 6.17. The monoisotopic (exact) mass is 583 g/mol. The van der Waals surface area contributed by atoms with Crippen molar-refractivity contribution in [2.24, 2.45) is 0 Å². The fourth-order valence-electron chi connectivity index (χ4n) is 5.57. The van der Waals surface area contributed by atoms with Gasteiger partial charge in [-0.3, -0.25) is 9.59 Å². The number of aryl methyl sites for hydroxylation is 1. The maximum atomic E-state index is 14.2. The number of hydrogen-bond donors (Lipinski definition) is 1. The Bertz CT molecular complexity index is 1910. The fraction of sp³-hybridized carbons (Fsp3) is 0.158. The fourth-order valence-corrected chi connectivity index (χ4v) is 5.57. The molecule has 0 aliphatic rings. The van der Waals surface area contributed by atoms with Gasteiger partial charge >= 0.3 is 5.97 Å². The highest BCUT2D eigenvalue weighted by Gasteiger charge is 2.25. The second-order valence-corrected chi connectivity index (χ2v) is 10.8. The second-order valence-electron chi connectivity index (χ2n) is 10.8. The van der Waals surface area contributed by atoms with Gasteiger partial charge < -0.3 is 19.1 Å². The van der Waals surface area contributed by atoms with Crippen LogP contribution in [0.4, 0.5) is 0 Å². The van der Waals surface area contributed by atoms with Crippen LogP contribution in [0.15, 0.2) is 121 Å². The molecule has 0 saturated carbocycles. The van der Waals surface area contributed by atoms with E-state index in [-0.39, 0.29) is 18.8 Å². The number of fused-ring (bicyclic) bond motifs is 2. The first kappa shape index (κ1) is 28.7. The zero-order valence-electron chi connectivity index (χ0n) is 24.3. The van der Waals surface area contributed by atoms with E-state index in [2.05, 4.69) is 10.6 Å². The van der Waals surface area contributed by atoms with Crippen molar-refractivity contribution in [1.29, 1.82) is 0 Å². The molecule has 6 heteroatoms. The van der Waals surface area contributed by atoms with Gasteiger partial charge in [0.15, 0.2) is 5.78 Å². The highest BCUT2D eigenvalue weighted by atomic mass is 16.5. The molecular weight excluding hydrogens is 550 g/mol. The molecule has 0 saturated heterocycles. The molecule has 6 rings (SSSR count). The minimum atomic E-state index is -0.817. The van der Waals surface area contributed by atoms with Gasteiger partial charge in [0.25, 0.3) is 0 Å². The van der Waals surface area contributed by atoms with Crippen molar-refractivity contribution in [2.45, 2.75) is 39.0 Å². The van der Waals surface area contributed by atoms with Crippen LogP contribution in [0.3, 0.4) is 0 Å². The van der Waals surface area contributed by atoms with E-state index >= 15 is 0 Å². The first-order chi connectivity index (χ1) is 21.6. The molecule has 44 heavy (non-hydrogen) atoms. The molecule has 1 N–H and O–H groups in total. The molecule has 0 unspecified atom stereocenters. The van der Waals surface area contributed by atoms with Crippen molar-refractivity contribution in [3.05, 3.63) is 144 Å². The van der Waals surface area contributed by atoms with Crippen LogP contribution in [0.1, 0.15) is 46.4 Å². The van der Waals surface area contributed by atoms with Crippen molar-refractivity contribution < 1.29 is 24.2 Å². The van der Waals surface area contributed by atoms with Crippen molar-refractivity contribution in [1.82, 2.24) is 4.57 Å². The summed E-state index contributed by atoms with van der Waals surface area (Å²) in [5.41, 5.74) is 3.82. The number of carboxylic acids is 1. The van der Waals surface area contributed by atoms with E-state index in [9.17, 15) is 14.7 Å². The Balaban J connectivity index is 1.42. The minimum Gasteiger partial charge on any atom is -0.489 e.